The van der Waals surface area contributed by atoms with Crippen molar-refractivity contribution in [2.45, 2.75) is 20.8 Å². The SMILES string of the molecule is CC(=O)Nc1ccc(Cl)c(C)c1C. The van der Waals surface area contributed by atoms with Gasteiger partial charge in [-0.1, -0.05) is 11.6 Å². The lowest BCUT2D eigenvalue weighted by Crippen LogP contribution is -2.07. The summed E-state index contributed by atoms with van der Waals surface area (Å²) in [6.07, 6.45) is 0. The van der Waals surface area contributed by atoms with E-state index in [1.165, 1.54) is 6.92 Å². The largest absolute Gasteiger partial charge is 0.326 e. The van der Waals surface area contributed by atoms with Crippen molar-refractivity contribution < 1.29 is 4.79 Å². The molecule has 0 aliphatic heterocycles. The summed E-state index contributed by atoms with van der Waals surface area (Å²) >= 11 is 5.91. The highest BCUT2D eigenvalue weighted by Gasteiger charge is 2.05. The average Bonchev–Trinajstić information content (AvgIpc) is 2.06. The second-order valence-electron chi connectivity index (χ2n) is 3.03. The fraction of sp³-hybridized carbons (Fsp3) is 0.300. The van der Waals surface area contributed by atoms with Crippen molar-refractivity contribution >= 4 is 23.2 Å². The van der Waals surface area contributed by atoms with Crippen LogP contribution in [0, 0.1) is 13.8 Å². The van der Waals surface area contributed by atoms with Crippen molar-refractivity contribution in [3.63, 3.8) is 0 Å². The van der Waals surface area contributed by atoms with Crippen LogP contribution in [-0.2, 0) is 4.79 Å². The molecule has 0 spiro atoms. The molecule has 1 aromatic carbocycles. The summed E-state index contributed by atoms with van der Waals surface area (Å²) in [5.74, 6) is -0.0650. The average molecular weight is 198 g/mol. The van der Waals surface area contributed by atoms with Crippen molar-refractivity contribution in [1.29, 1.82) is 0 Å². The van der Waals surface area contributed by atoms with Gasteiger partial charge in [-0.15, -0.1) is 0 Å². The Hall–Kier alpha value is -1.02. The predicted octanol–water partition coefficient (Wildman–Crippen LogP) is 2.92. The number of hydrogen-bond donors (Lipinski definition) is 1. The molecule has 0 bridgehead atoms. The van der Waals surface area contributed by atoms with Crippen LogP contribution in [0.25, 0.3) is 0 Å². The molecule has 13 heavy (non-hydrogen) atoms. The predicted molar refractivity (Wildman–Crippen MR) is 55.2 cm³/mol. The first-order valence-electron chi connectivity index (χ1n) is 4.05. The molecule has 0 atom stereocenters. The molecule has 0 unspecified atom stereocenters. The van der Waals surface area contributed by atoms with Gasteiger partial charge in [-0.25, -0.2) is 0 Å². The number of nitrogens with one attached hydrogen (secondary N) is 1. The minimum Gasteiger partial charge on any atom is -0.326 e. The van der Waals surface area contributed by atoms with E-state index in [4.69, 9.17) is 11.6 Å². The maximum Gasteiger partial charge on any atom is 0.221 e. The number of anilines is 1. The van der Waals surface area contributed by atoms with E-state index in [1.54, 1.807) is 6.07 Å². The minimum atomic E-state index is -0.0650. The normalized spacial score (nSPS) is 9.85. The summed E-state index contributed by atoms with van der Waals surface area (Å²) in [6, 6.07) is 3.60. The number of carbonyl (C=O) groups is 1. The van der Waals surface area contributed by atoms with E-state index in [-0.39, 0.29) is 5.91 Å². The van der Waals surface area contributed by atoms with Crippen LogP contribution in [0.15, 0.2) is 12.1 Å². The number of halogens is 1. The van der Waals surface area contributed by atoms with Crippen molar-refractivity contribution in [1.82, 2.24) is 0 Å². The lowest BCUT2D eigenvalue weighted by Gasteiger charge is -2.09. The van der Waals surface area contributed by atoms with Crippen LogP contribution in [0.1, 0.15) is 18.1 Å². The van der Waals surface area contributed by atoms with Gasteiger partial charge < -0.3 is 5.32 Å². The van der Waals surface area contributed by atoms with Gasteiger partial charge >= 0.3 is 0 Å². The first-order valence-corrected chi connectivity index (χ1v) is 4.43. The second kappa shape index (κ2) is 3.79. The Morgan fingerprint density at radius 3 is 2.46 bits per heavy atom. The zero-order chi connectivity index (χ0) is 10.0. The van der Waals surface area contributed by atoms with E-state index in [0.29, 0.717) is 0 Å². The molecule has 0 saturated carbocycles. The van der Waals surface area contributed by atoms with Gasteiger partial charge in [-0.05, 0) is 37.1 Å². The fourth-order valence-corrected chi connectivity index (χ4v) is 1.32. The van der Waals surface area contributed by atoms with Gasteiger partial charge in [0, 0.05) is 17.6 Å². The third-order valence-corrected chi connectivity index (χ3v) is 2.44. The van der Waals surface area contributed by atoms with Crippen LogP contribution in [0.5, 0.6) is 0 Å². The van der Waals surface area contributed by atoms with E-state index in [0.717, 1.165) is 21.8 Å². The Morgan fingerprint density at radius 1 is 1.31 bits per heavy atom. The van der Waals surface area contributed by atoms with Gasteiger partial charge in [0.05, 0.1) is 0 Å². The van der Waals surface area contributed by atoms with Gasteiger partial charge in [0.15, 0.2) is 0 Å². The lowest BCUT2D eigenvalue weighted by molar-refractivity contribution is -0.114. The highest BCUT2D eigenvalue weighted by atomic mass is 35.5. The summed E-state index contributed by atoms with van der Waals surface area (Å²) < 4.78 is 0. The Balaban J connectivity index is 3.10. The zero-order valence-electron chi connectivity index (χ0n) is 7.94. The Morgan fingerprint density at radius 2 is 1.92 bits per heavy atom. The monoisotopic (exact) mass is 197 g/mol. The number of carbonyl (C=O) groups excluding carboxylic acids is 1. The standard InChI is InChI=1S/C10H12ClNO/c1-6-7(2)10(12-8(3)13)5-4-9(6)11/h4-5H,1-3H3,(H,12,13). The molecule has 1 rings (SSSR count). The van der Waals surface area contributed by atoms with Crippen LogP contribution >= 0.6 is 11.6 Å². The fourth-order valence-electron chi connectivity index (χ4n) is 1.11. The molecule has 0 aromatic heterocycles. The molecular formula is C10H12ClNO. The van der Waals surface area contributed by atoms with E-state index >= 15 is 0 Å². The zero-order valence-corrected chi connectivity index (χ0v) is 8.70. The number of amides is 1. The molecule has 0 aliphatic carbocycles. The number of rotatable bonds is 1. The van der Waals surface area contributed by atoms with Gasteiger partial charge in [0.2, 0.25) is 5.91 Å². The van der Waals surface area contributed by atoms with E-state index in [1.807, 2.05) is 19.9 Å². The number of benzene rings is 1. The Bertz CT molecular complexity index is 347. The third-order valence-electron chi connectivity index (χ3n) is 2.03. The van der Waals surface area contributed by atoms with Crippen LogP contribution in [0.2, 0.25) is 5.02 Å². The van der Waals surface area contributed by atoms with Gasteiger partial charge in [0.25, 0.3) is 0 Å². The van der Waals surface area contributed by atoms with Crippen molar-refractivity contribution in [3.05, 3.63) is 28.3 Å². The minimum absolute atomic E-state index is 0.0650. The summed E-state index contributed by atoms with van der Waals surface area (Å²) in [4.78, 5) is 10.8. The van der Waals surface area contributed by atoms with Crippen molar-refractivity contribution in [3.8, 4) is 0 Å². The summed E-state index contributed by atoms with van der Waals surface area (Å²) in [5.41, 5.74) is 2.85. The molecule has 1 N–H and O–H groups in total. The van der Waals surface area contributed by atoms with E-state index < -0.39 is 0 Å². The summed E-state index contributed by atoms with van der Waals surface area (Å²) in [6.45, 7) is 5.36. The Labute approximate surface area is 82.9 Å². The first-order chi connectivity index (χ1) is 6.02. The molecule has 0 heterocycles. The molecule has 0 radical (unpaired) electrons. The molecule has 0 saturated heterocycles. The van der Waals surface area contributed by atoms with Crippen LogP contribution in [-0.4, -0.2) is 5.91 Å². The molecule has 1 amide bonds. The van der Waals surface area contributed by atoms with E-state index in [9.17, 15) is 4.79 Å². The summed E-state index contributed by atoms with van der Waals surface area (Å²) in [7, 11) is 0. The molecule has 0 fully saturated rings. The lowest BCUT2D eigenvalue weighted by atomic mass is 10.1. The molecule has 0 aliphatic rings. The van der Waals surface area contributed by atoms with Crippen molar-refractivity contribution in [2.24, 2.45) is 0 Å². The van der Waals surface area contributed by atoms with Gasteiger partial charge in [0.1, 0.15) is 0 Å². The van der Waals surface area contributed by atoms with Crippen LogP contribution in [0.3, 0.4) is 0 Å². The molecule has 2 nitrogen and oxygen atoms in total. The van der Waals surface area contributed by atoms with E-state index in [2.05, 4.69) is 5.32 Å². The third kappa shape index (κ3) is 2.22. The molecule has 3 heteroatoms. The topological polar surface area (TPSA) is 29.1 Å². The second-order valence-corrected chi connectivity index (χ2v) is 3.43. The van der Waals surface area contributed by atoms with Gasteiger partial charge in [-0.2, -0.15) is 0 Å². The maximum absolute atomic E-state index is 10.8. The number of hydrogen-bond acceptors (Lipinski definition) is 1. The Kier molecular flexibility index (Phi) is 2.94. The van der Waals surface area contributed by atoms with Crippen molar-refractivity contribution in [2.75, 3.05) is 5.32 Å². The smallest absolute Gasteiger partial charge is 0.221 e. The first kappa shape index (κ1) is 10.1. The highest BCUT2D eigenvalue weighted by Crippen LogP contribution is 2.25. The molecule has 1 aromatic rings. The molecule has 70 valence electrons. The maximum atomic E-state index is 10.8. The summed E-state index contributed by atoms with van der Waals surface area (Å²) in [5, 5.41) is 3.47. The molecular weight excluding hydrogens is 186 g/mol. The van der Waals surface area contributed by atoms with Crippen LogP contribution < -0.4 is 5.32 Å². The highest BCUT2D eigenvalue weighted by molar-refractivity contribution is 6.31. The quantitative estimate of drug-likeness (QED) is 0.737. The van der Waals surface area contributed by atoms with Crippen LogP contribution in [0.4, 0.5) is 5.69 Å². The van der Waals surface area contributed by atoms with Gasteiger partial charge in [-0.3, -0.25) is 4.79 Å².